The lowest BCUT2D eigenvalue weighted by Crippen LogP contribution is -2.35. The van der Waals surface area contributed by atoms with E-state index >= 15 is 0 Å². The van der Waals surface area contributed by atoms with Gasteiger partial charge in [-0.05, 0) is 61.4 Å². The minimum absolute atomic E-state index is 0.0454. The zero-order valence-electron chi connectivity index (χ0n) is 20.5. The highest BCUT2D eigenvalue weighted by Crippen LogP contribution is 2.32. The summed E-state index contributed by atoms with van der Waals surface area (Å²) in [4.78, 5) is 44.4. The Balaban J connectivity index is 1.51. The molecule has 3 aromatic carbocycles. The molecule has 0 saturated carbocycles. The van der Waals surface area contributed by atoms with Gasteiger partial charge in [0.2, 0.25) is 11.8 Å². The summed E-state index contributed by atoms with van der Waals surface area (Å²) in [5.74, 6) is -0.932. The molecule has 0 bridgehead atoms. The van der Waals surface area contributed by atoms with Crippen LogP contribution < -0.4 is 5.32 Å². The van der Waals surface area contributed by atoms with Crippen molar-refractivity contribution in [3.05, 3.63) is 94.0 Å². The topological polar surface area (TPSA) is 88.1 Å². The Morgan fingerprint density at radius 3 is 2.37 bits per heavy atom. The second-order valence-corrected chi connectivity index (χ2v) is 10.4. The van der Waals surface area contributed by atoms with E-state index in [1.807, 2.05) is 30.3 Å². The van der Waals surface area contributed by atoms with Crippen LogP contribution in [0.25, 0.3) is 0 Å². The van der Waals surface area contributed by atoms with E-state index in [-0.39, 0.29) is 24.8 Å². The van der Waals surface area contributed by atoms with Crippen molar-refractivity contribution in [3.63, 3.8) is 0 Å². The van der Waals surface area contributed by atoms with E-state index in [1.165, 1.54) is 11.8 Å². The van der Waals surface area contributed by atoms with E-state index in [1.54, 1.807) is 54.3 Å². The molecule has 0 aromatic heterocycles. The molecular weight excluding hydrogens is 545 g/mol. The van der Waals surface area contributed by atoms with E-state index < -0.39 is 11.2 Å². The molecule has 1 aliphatic heterocycles. The smallest absolute Gasteiger partial charge is 0.338 e. The number of carbonyl (C=O) groups excluding carboxylic acids is 3. The molecule has 0 unspecified atom stereocenters. The van der Waals surface area contributed by atoms with E-state index in [9.17, 15) is 14.4 Å². The summed E-state index contributed by atoms with van der Waals surface area (Å²) in [7, 11) is 0. The van der Waals surface area contributed by atoms with Gasteiger partial charge < -0.3 is 10.1 Å². The fourth-order valence-corrected chi connectivity index (χ4v) is 5.53. The minimum Gasteiger partial charge on any atom is -0.462 e. The number of carbonyl (C=O) groups is 3. The van der Waals surface area contributed by atoms with E-state index in [2.05, 4.69) is 10.3 Å². The Morgan fingerprint density at radius 2 is 1.71 bits per heavy atom. The van der Waals surface area contributed by atoms with Gasteiger partial charge in [0.1, 0.15) is 5.25 Å². The van der Waals surface area contributed by atoms with Crippen molar-refractivity contribution in [2.24, 2.45) is 4.99 Å². The van der Waals surface area contributed by atoms with Crippen molar-refractivity contribution in [2.75, 3.05) is 18.5 Å². The second-order valence-electron chi connectivity index (χ2n) is 8.40. The van der Waals surface area contributed by atoms with Gasteiger partial charge in [-0.25, -0.2) is 9.79 Å². The number of hydrogen-bond acceptors (Lipinski definition) is 6. The van der Waals surface area contributed by atoms with Gasteiger partial charge in [0.25, 0.3) is 0 Å². The van der Waals surface area contributed by atoms with Gasteiger partial charge in [-0.2, -0.15) is 0 Å². The van der Waals surface area contributed by atoms with E-state index in [0.717, 1.165) is 5.56 Å². The number of anilines is 1. The normalized spacial score (nSPS) is 16.1. The molecule has 0 aliphatic carbocycles. The van der Waals surface area contributed by atoms with E-state index in [0.29, 0.717) is 45.1 Å². The van der Waals surface area contributed by atoms with E-state index in [4.69, 9.17) is 27.9 Å². The first-order valence-corrected chi connectivity index (χ1v) is 13.6. The van der Waals surface area contributed by atoms with Crippen LogP contribution in [0.3, 0.4) is 0 Å². The third-order valence-electron chi connectivity index (χ3n) is 5.61. The standard InChI is InChI=1S/C28H25Cl2N3O4S/c1-2-37-27(36)19-8-10-22(11-9-19)32-28-33(13-12-18-6-4-3-5-7-18)26(35)24(38-28)17-25(34)31-23-15-20(29)14-21(30)16-23/h3-11,14-16,24H,2,12-13,17H2,1H3,(H,31,34)/t24-/m1/s1. The molecule has 1 saturated heterocycles. The number of benzene rings is 3. The molecule has 2 amide bonds. The Bertz CT molecular complexity index is 1330. The number of thioether (sulfide) groups is 1. The zero-order chi connectivity index (χ0) is 27.1. The molecule has 0 spiro atoms. The number of rotatable bonds is 9. The lowest BCUT2D eigenvalue weighted by atomic mass is 10.1. The molecule has 10 heteroatoms. The lowest BCUT2D eigenvalue weighted by molar-refractivity contribution is -0.128. The van der Waals surface area contributed by atoms with Gasteiger partial charge in [0.15, 0.2) is 5.17 Å². The van der Waals surface area contributed by atoms with Crippen molar-refractivity contribution >= 4 is 69.3 Å². The highest BCUT2D eigenvalue weighted by atomic mass is 35.5. The molecule has 4 rings (SSSR count). The molecule has 3 aromatic rings. The number of ether oxygens (including phenoxy) is 1. The van der Waals surface area contributed by atoms with Crippen molar-refractivity contribution in [1.82, 2.24) is 4.90 Å². The third-order valence-corrected chi connectivity index (χ3v) is 7.22. The Hall–Kier alpha value is -3.33. The highest BCUT2D eigenvalue weighted by Gasteiger charge is 2.39. The monoisotopic (exact) mass is 569 g/mol. The molecule has 7 nitrogen and oxygen atoms in total. The van der Waals surface area contributed by atoms with Crippen LogP contribution in [0.4, 0.5) is 11.4 Å². The quantitative estimate of drug-likeness (QED) is 0.302. The van der Waals surface area contributed by atoms with Gasteiger partial charge in [-0.15, -0.1) is 0 Å². The molecule has 1 heterocycles. The van der Waals surface area contributed by atoms with Crippen molar-refractivity contribution in [1.29, 1.82) is 0 Å². The van der Waals surface area contributed by atoms with Crippen LogP contribution in [0.5, 0.6) is 0 Å². The molecule has 1 fully saturated rings. The maximum Gasteiger partial charge on any atom is 0.338 e. The summed E-state index contributed by atoms with van der Waals surface area (Å²) < 4.78 is 5.03. The van der Waals surface area contributed by atoms with Crippen LogP contribution in [0, 0.1) is 0 Å². The van der Waals surface area contributed by atoms with Crippen molar-refractivity contribution in [3.8, 4) is 0 Å². The number of halogens is 2. The van der Waals surface area contributed by atoms with Crippen LogP contribution in [0.2, 0.25) is 10.0 Å². The third kappa shape index (κ3) is 7.37. The van der Waals surface area contributed by atoms with Crippen LogP contribution in [0.1, 0.15) is 29.3 Å². The maximum absolute atomic E-state index is 13.4. The molecule has 1 aliphatic rings. The van der Waals surface area contributed by atoms with Crippen molar-refractivity contribution < 1.29 is 19.1 Å². The molecular formula is C28H25Cl2N3O4S. The maximum atomic E-state index is 13.4. The van der Waals surface area contributed by atoms with Gasteiger partial charge in [-0.3, -0.25) is 14.5 Å². The van der Waals surface area contributed by atoms with Crippen LogP contribution in [-0.4, -0.2) is 46.3 Å². The molecule has 1 N–H and O–H groups in total. The van der Waals surface area contributed by atoms with Gasteiger partial charge in [-0.1, -0.05) is 65.3 Å². The summed E-state index contributed by atoms with van der Waals surface area (Å²) >= 11 is 13.3. The Morgan fingerprint density at radius 1 is 1.03 bits per heavy atom. The van der Waals surface area contributed by atoms with Crippen LogP contribution in [-0.2, 0) is 20.7 Å². The van der Waals surface area contributed by atoms with Crippen LogP contribution >= 0.6 is 35.0 Å². The first-order valence-electron chi connectivity index (χ1n) is 12.0. The largest absolute Gasteiger partial charge is 0.462 e. The first-order chi connectivity index (χ1) is 18.3. The number of hydrogen-bond donors (Lipinski definition) is 1. The van der Waals surface area contributed by atoms with Gasteiger partial charge >= 0.3 is 5.97 Å². The average molecular weight is 570 g/mol. The molecule has 0 radical (unpaired) electrons. The number of nitrogens with one attached hydrogen (secondary N) is 1. The predicted molar refractivity (Wildman–Crippen MR) is 152 cm³/mol. The number of amides is 2. The molecule has 38 heavy (non-hydrogen) atoms. The number of esters is 1. The Kier molecular flexibility index (Phi) is 9.44. The predicted octanol–water partition coefficient (Wildman–Crippen LogP) is 6.37. The van der Waals surface area contributed by atoms with Gasteiger partial charge in [0.05, 0.1) is 17.9 Å². The van der Waals surface area contributed by atoms with Gasteiger partial charge in [0, 0.05) is 28.7 Å². The summed E-state index contributed by atoms with van der Waals surface area (Å²) in [5.41, 5.74) is 2.54. The summed E-state index contributed by atoms with van der Waals surface area (Å²) in [6.45, 7) is 2.45. The summed E-state index contributed by atoms with van der Waals surface area (Å²) in [6.07, 6.45) is 0.587. The SMILES string of the molecule is CCOC(=O)c1ccc(N=C2S[C@H](CC(=O)Nc3cc(Cl)cc(Cl)c3)C(=O)N2CCc2ccccc2)cc1. The zero-order valence-corrected chi connectivity index (χ0v) is 22.9. The number of amidine groups is 1. The second kappa shape index (κ2) is 13.0. The first kappa shape index (κ1) is 27.7. The summed E-state index contributed by atoms with van der Waals surface area (Å²) in [5, 5.41) is 3.41. The lowest BCUT2D eigenvalue weighted by Gasteiger charge is -2.16. The fourth-order valence-electron chi connectivity index (χ4n) is 3.82. The highest BCUT2D eigenvalue weighted by molar-refractivity contribution is 8.15. The summed E-state index contributed by atoms with van der Waals surface area (Å²) in [6, 6.07) is 21.3. The Labute approximate surface area is 235 Å². The minimum atomic E-state index is -0.641. The fraction of sp³-hybridized carbons (Fsp3) is 0.214. The molecule has 196 valence electrons. The average Bonchev–Trinajstić information content (AvgIpc) is 3.16. The van der Waals surface area contributed by atoms with Crippen LogP contribution in [0.15, 0.2) is 77.8 Å². The number of nitrogens with zero attached hydrogens (tertiary/aromatic N) is 2. The van der Waals surface area contributed by atoms with Crippen molar-refractivity contribution in [2.45, 2.75) is 25.0 Å². The number of aliphatic imine (C=N–C) groups is 1. The molecule has 1 atom stereocenters.